The zero-order chi connectivity index (χ0) is 10.4. The number of nitrogens with one attached hydrogen (secondary N) is 1. The Hall–Kier alpha value is -1.58. The van der Waals surface area contributed by atoms with E-state index in [2.05, 4.69) is 15.0 Å². The molecular weight excluding hydrogens is 188 g/mol. The molecule has 1 aliphatic rings. The first-order valence-electron chi connectivity index (χ1n) is 5.34. The summed E-state index contributed by atoms with van der Waals surface area (Å²) in [5.74, 6) is 2.41. The second-order valence-corrected chi connectivity index (χ2v) is 4.38. The minimum atomic E-state index is 0.531. The molecule has 0 bridgehead atoms. The highest BCUT2D eigenvalue weighted by atomic mass is 15.0. The lowest BCUT2D eigenvalue weighted by atomic mass is 10.3. The van der Waals surface area contributed by atoms with Crippen molar-refractivity contribution in [3.63, 3.8) is 0 Å². The maximum atomic E-state index is 5.82. The predicted octanol–water partition coefficient (Wildman–Crippen LogP) is 1.80. The smallest absolute Gasteiger partial charge is 0.151 e. The van der Waals surface area contributed by atoms with E-state index >= 15 is 0 Å². The molecule has 15 heavy (non-hydrogen) atoms. The summed E-state index contributed by atoms with van der Waals surface area (Å²) in [6, 6.07) is 2.00. The number of fused-ring (bicyclic) bond motifs is 1. The molecule has 0 saturated heterocycles. The summed E-state index contributed by atoms with van der Waals surface area (Å²) in [5, 5.41) is 0. The van der Waals surface area contributed by atoms with Crippen LogP contribution in [0.4, 0.5) is 5.82 Å². The van der Waals surface area contributed by atoms with E-state index in [1.54, 1.807) is 0 Å². The van der Waals surface area contributed by atoms with Crippen molar-refractivity contribution in [2.45, 2.75) is 26.2 Å². The minimum Gasteiger partial charge on any atom is -0.382 e. The maximum absolute atomic E-state index is 5.82. The van der Waals surface area contributed by atoms with Crippen molar-refractivity contribution in [1.29, 1.82) is 0 Å². The van der Waals surface area contributed by atoms with Gasteiger partial charge >= 0.3 is 0 Å². The van der Waals surface area contributed by atoms with Gasteiger partial charge in [-0.2, -0.15) is 0 Å². The Labute approximate surface area is 87.9 Å². The molecule has 1 saturated carbocycles. The Morgan fingerprint density at radius 2 is 2.27 bits per heavy atom. The molecule has 0 amide bonds. The van der Waals surface area contributed by atoms with Crippen molar-refractivity contribution in [1.82, 2.24) is 15.0 Å². The Balaban J connectivity index is 2.07. The van der Waals surface area contributed by atoms with E-state index < -0.39 is 0 Å². The van der Waals surface area contributed by atoms with Crippen LogP contribution in [0.15, 0.2) is 6.07 Å². The van der Waals surface area contributed by atoms with E-state index in [4.69, 9.17) is 5.73 Å². The lowest BCUT2D eigenvalue weighted by Gasteiger charge is -1.95. The first-order chi connectivity index (χ1) is 7.22. The van der Waals surface area contributed by atoms with Crippen LogP contribution in [-0.2, 0) is 6.42 Å². The predicted molar refractivity (Wildman–Crippen MR) is 59.5 cm³/mol. The van der Waals surface area contributed by atoms with Crippen molar-refractivity contribution >= 4 is 16.9 Å². The third kappa shape index (κ3) is 1.56. The third-order valence-electron chi connectivity index (χ3n) is 2.85. The van der Waals surface area contributed by atoms with Crippen molar-refractivity contribution in [2.24, 2.45) is 5.92 Å². The highest BCUT2D eigenvalue weighted by molar-refractivity contribution is 5.85. The second-order valence-electron chi connectivity index (χ2n) is 4.38. The van der Waals surface area contributed by atoms with Gasteiger partial charge in [-0.1, -0.05) is 0 Å². The van der Waals surface area contributed by atoms with E-state index in [1.807, 2.05) is 13.0 Å². The van der Waals surface area contributed by atoms with Gasteiger partial charge in [0.15, 0.2) is 5.82 Å². The van der Waals surface area contributed by atoms with Gasteiger partial charge in [-0.05, 0) is 31.7 Å². The van der Waals surface area contributed by atoms with Gasteiger partial charge in [-0.25, -0.2) is 9.97 Å². The summed E-state index contributed by atoms with van der Waals surface area (Å²) in [6.07, 6.45) is 3.72. The zero-order valence-corrected chi connectivity index (χ0v) is 8.75. The van der Waals surface area contributed by atoms with Crippen LogP contribution in [0.25, 0.3) is 11.0 Å². The number of aromatic nitrogens is 3. The Morgan fingerprint density at radius 3 is 3.00 bits per heavy atom. The highest BCUT2D eigenvalue weighted by Crippen LogP contribution is 2.32. The zero-order valence-electron chi connectivity index (χ0n) is 8.75. The van der Waals surface area contributed by atoms with E-state index in [1.165, 1.54) is 12.8 Å². The van der Waals surface area contributed by atoms with Crippen molar-refractivity contribution in [3.05, 3.63) is 17.6 Å². The summed E-state index contributed by atoms with van der Waals surface area (Å²) in [7, 11) is 0. The van der Waals surface area contributed by atoms with E-state index in [-0.39, 0.29) is 0 Å². The highest BCUT2D eigenvalue weighted by Gasteiger charge is 2.23. The van der Waals surface area contributed by atoms with Gasteiger partial charge in [-0.15, -0.1) is 0 Å². The fourth-order valence-corrected chi connectivity index (χ4v) is 1.91. The fraction of sp³-hybridized carbons (Fsp3) is 0.455. The number of hydrogen-bond donors (Lipinski definition) is 2. The number of nitrogens with two attached hydrogens (primary N) is 1. The molecule has 78 valence electrons. The van der Waals surface area contributed by atoms with E-state index in [0.717, 1.165) is 34.9 Å². The fourth-order valence-electron chi connectivity index (χ4n) is 1.91. The molecule has 1 aliphatic carbocycles. The topological polar surface area (TPSA) is 67.6 Å². The number of nitrogens with zero attached hydrogens (tertiary/aromatic N) is 2. The minimum absolute atomic E-state index is 0.531. The molecule has 2 aromatic heterocycles. The summed E-state index contributed by atoms with van der Waals surface area (Å²) in [4.78, 5) is 12.0. The average Bonchev–Trinajstić information content (AvgIpc) is 2.85. The number of rotatable bonds is 2. The van der Waals surface area contributed by atoms with Gasteiger partial charge < -0.3 is 10.7 Å². The van der Waals surface area contributed by atoms with E-state index in [0.29, 0.717) is 5.82 Å². The third-order valence-corrected chi connectivity index (χ3v) is 2.85. The van der Waals surface area contributed by atoms with Gasteiger partial charge in [0.1, 0.15) is 11.3 Å². The first kappa shape index (κ1) is 8.71. The molecule has 0 atom stereocenters. The molecule has 2 heterocycles. The molecule has 4 nitrogen and oxygen atoms in total. The summed E-state index contributed by atoms with van der Waals surface area (Å²) < 4.78 is 0. The number of anilines is 1. The standard InChI is InChI=1S/C11H14N4/c1-6-4-8-10(11(12)13-6)15-9(14-8)5-7-2-3-7/h4,7H,2-3,5H2,1H3,(H2,12,13)(H,14,15). The van der Waals surface area contributed by atoms with Crippen LogP contribution in [0.5, 0.6) is 0 Å². The number of hydrogen-bond acceptors (Lipinski definition) is 3. The quantitative estimate of drug-likeness (QED) is 0.780. The summed E-state index contributed by atoms with van der Waals surface area (Å²) >= 11 is 0. The lowest BCUT2D eigenvalue weighted by molar-refractivity contribution is 0.787. The summed E-state index contributed by atoms with van der Waals surface area (Å²) in [6.45, 7) is 1.94. The molecule has 0 radical (unpaired) electrons. The number of nitrogen functional groups attached to an aromatic ring is 1. The molecule has 0 spiro atoms. The Kier molecular flexibility index (Phi) is 1.71. The monoisotopic (exact) mass is 202 g/mol. The van der Waals surface area contributed by atoms with Gasteiger partial charge in [0.25, 0.3) is 0 Å². The van der Waals surface area contributed by atoms with Gasteiger partial charge in [0.2, 0.25) is 0 Å². The van der Waals surface area contributed by atoms with Gasteiger partial charge in [0.05, 0.1) is 5.52 Å². The molecule has 0 unspecified atom stereocenters. The largest absolute Gasteiger partial charge is 0.382 e. The van der Waals surface area contributed by atoms with Crippen LogP contribution >= 0.6 is 0 Å². The number of pyridine rings is 1. The molecule has 0 aliphatic heterocycles. The number of aryl methyl sites for hydroxylation is 1. The molecular formula is C11H14N4. The molecule has 2 aromatic rings. The van der Waals surface area contributed by atoms with Crippen molar-refractivity contribution in [3.8, 4) is 0 Å². The molecule has 1 fully saturated rings. The number of aromatic amines is 1. The van der Waals surface area contributed by atoms with Crippen molar-refractivity contribution in [2.75, 3.05) is 5.73 Å². The van der Waals surface area contributed by atoms with Crippen molar-refractivity contribution < 1.29 is 0 Å². The molecule has 4 heteroatoms. The molecule has 3 N–H and O–H groups in total. The Morgan fingerprint density at radius 1 is 1.47 bits per heavy atom. The van der Waals surface area contributed by atoms with E-state index in [9.17, 15) is 0 Å². The molecule has 3 rings (SSSR count). The van der Waals surface area contributed by atoms with Gasteiger partial charge in [-0.3, -0.25) is 0 Å². The van der Waals surface area contributed by atoms with Crippen LogP contribution in [0.1, 0.15) is 24.4 Å². The SMILES string of the molecule is Cc1cc2[nH]c(CC3CC3)nc2c(N)n1. The normalized spacial score (nSPS) is 16.1. The van der Waals surface area contributed by atoms with Crippen LogP contribution < -0.4 is 5.73 Å². The van der Waals surface area contributed by atoms with Crippen LogP contribution in [-0.4, -0.2) is 15.0 Å². The summed E-state index contributed by atoms with van der Waals surface area (Å²) in [5.41, 5.74) is 8.58. The van der Waals surface area contributed by atoms with Gasteiger partial charge in [0, 0.05) is 12.1 Å². The van der Waals surface area contributed by atoms with Crippen LogP contribution in [0.2, 0.25) is 0 Å². The second kappa shape index (κ2) is 2.95. The maximum Gasteiger partial charge on any atom is 0.151 e. The van der Waals surface area contributed by atoms with Crippen LogP contribution in [0.3, 0.4) is 0 Å². The average molecular weight is 202 g/mol. The first-order valence-corrected chi connectivity index (χ1v) is 5.34. The molecule has 0 aromatic carbocycles. The number of imidazole rings is 1. The number of H-pyrrole nitrogens is 1. The lowest BCUT2D eigenvalue weighted by Crippen LogP contribution is -1.93. The Bertz CT molecular complexity index is 511. The van der Waals surface area contributed by atoms with Crippen LogP contribution in [0, 0.1) is 12.8 Å².